The predicted octanol–water partition coefficient (Wildman–Crippen LogP) is 5.92. The van der Waals surface area contributed by atoms with Crippen molar-refractivity contribution >= 4 is 46.4 Å². The number of anilines is 5. The van der Waals surface area contributed by atoms with Gasteiger partial charge < -0.3 is 26.0 Å². The number of fused-ring (bicyclic) bond motifs is 1. The highest BCUT2D eigenvalue weighted by Gasteiger charge is 2.56. The quantitative estimate of drug-likeness (QED) is 0.189. The number of ether oxygens (including phenoxy) is 1. The zero-order valence-electron chi connectivity index (χ0n) is 22.7. The van der Waals surface area contributed by atoms with Crippen LogP contribution < -0.4 is 26.0 Å². The van der Waals surface area contributed by atoms with Gasteiger partial charge in [-0.3, -0.25) is 14.4 Å². The summed E-state index contributed by atoms with van der Waals surface area (Å²) < 4.78 is 33.8. The summed E-state index contributed by atoms with van der Waals surface area (Å²) in [6, 6.07) is 16.1. The van der Waals surface area contributed by atoms with Crippen molar-refractivity contribution in [1.29, 1.82) is 0 Å². The lowest BCUT2D eigenvalue weighted by Crippen LogP contribution is -2.35. The molecule has 2 heterocycles. The van der Waals surface area contributed by atoms with Crippen LogP contribution in [0.25, 0.3) is 0 Å². The summed E-state index contributed by atoms with van der Waals surface area (Å²) in [5, 5.41) is 11.2. The molecule has 0 radical (unpaired) electrons. The Morgan fingerprint density at radius 2 is 1.58 bits per heavy atom. The van der Waals surface area contributed by atoms with Gasteiger partial charge in [-0.15, -0.1) is 0 Å². The average molecular weight is 585 g/mol. The van der Waals surface area contributed by atoms with Crippen LogP contribution in [0, 0.1) is 17.0 Å². The van der Waals surface area contributed by atoms with E-state index in [0.717, 1.165) is 35.8 Å². The molecule has 1 fully saturated rings. The molecule has 4 aromatic rings. The molecule has 0 atom stereocenters. The third-order valence-corrected chi connectivity index (χ3v) is 7.24. The zero-order chi connectivity index (χ0) is 30.0. The van der Waals surface area contributed by atoms with Crippen molar-refractivity contribution in [3.8, 4) is 11.6 Å². The third kappa shape index (κ3) is 6.27. The van der Waals surface area contributed by atoms with Crippen molar-refractivity contribution in [2.24, 2.45) is 5.41 Å². The lowest BCUT2D eigenvalue weighted by Gasteiger charge is -2.16. The number of benzene rings is 3. The van der Waals surface area contributed by atoms with Gasteiger partial charge in [-0.2, -0.15) is 4.98 Å². The first kappa shape index (κ1) is 27.8. The number of amides is 3. The number of hydrogen-bond donors (Lipinski definition) is 4. The minimum absolute atomic E-state index is 0.00645. The van der Waals surface area contributed by atoms with Crippen LogP contribution >= 0.6 is 0 Å². The standard InChI is InChI=1S/C31H26F2N6O4/c32-19-4-6-20(7-5-19)35-28(41)31(13-14-31)29(42)36-22-9-11-25(23(33)17-22)43-27-12-15-34-30(39-27)37-21-8-10-24-18(16-21)2-1-3-26(40)38-24/h4-12,15-17H,1-3,13-14H2,(H,35,41)(H,36,42)(H,38,40)(H,34,37,39). The lowest BCUT2D eigenvalue weighted by molar-refractivity contribution is -0.131. The molecule has 6 rings (SSSR count). The lowest BCUT2D eigenvalue weighted by atomic mass is 10.0. The first-order valence-corrected chi connectivity index (χ1v) is 13.7. The smallest absolute Gasteiger partial charge is 0.240 e. The maximum Gasteiger partial charge on any atom is 0.240 e. The van der Waals surface area contributed by atoms with Gasteiger partial charge in [0.1, 0.15) is 11.2 Å². The molecule has 0 unspecified atom stereocenters. The van der Waals surface area contributed by atoms with Gasteiger partial charge in [0.2, 0.25) is 29.5 Å². The highest BCUT2D eigenvalue weighted by atomic mass is 19.1. The summed E-state index contributed by atoms with van der Waals surface area (Å²) in [6.45, 7) is 0. The van der Waals surface area contributed by atoms with E-state index in [0.29, 0.717) is 24.9 Å². The van der Waals surface area contributed by atoms with Gasteiger partial charge in [0, 0.05) is 47.5 Å². The molecule has 10 nitrogen and oxygen atoms in total. The second kappa shape index (κ2) is 11.5. The minimum Gasteiger partial charge on any atom is -0.436 e. The summed E-state index contributed by atoms with van der Waals surface area (Å²) >= 11 is 0. The van der Waals surface area contributed by atoms with E-state index < -0.39 is 28.9 Å². The van der Waals surface area contributed by atoms with Crippen LogP contribution in [0.15, 0.2) is 72.9 Å². The van der Waals surface area contributed by atoms with E-state index in [1.165, 1.54) is 48.7 Å². The van der Waals surface area contributed by atoms with Crippen LogP contribution in [-0.4, -0.2) is 27.7 Å². The molecule has 218 valence electrons. The highest BCUT2D eigenvalue weighted by molar-refractivity contribution is 6.16. The molecule has 1 aliphatic carbocycles. The van der Waals surface area contributed by atoms with Crippen LogP contribution in [0.3, 0.4) is 0 Å². The van der Waals surface area contributed by atoms with Crippen LogP contribution in [0.1, 0.15) is 31.2 Å². The molecule has 0 saturated heterocycles. The summed E-state index contributed by atoms with van der Waals surface area (Å²) in [4.78, 5) is 46.0. The number of carbonyl (C=O) groups excluding carboxylic acids is 3. The molecule has 12 heteroatoms. The number of hydrogen-bond acceptors (Lipinski definition) is 7. The Balaban J connectivity index is 1.09. The molecule has 1 aromatic heterocycles. The molecule has 2 aliphatic rings. The van der Waals surface area contributed by atoms with Crippen LogP contribution in [-0.2, 0) is 20.8 Å². The molecule has 43 heavy (non-hydrogen) atoms. The van der Waals surface area contributed by atoms with Gasteiger partial charge >= 0.3 is 0 Å². The minimum atomic E-state index is -1.28. The number of nitrogens with zero attached hydrogens (tertiary/aromatic N) is 2. The van der Waals surface area contributed by atoms with Gasteiger partial charge in [-0.1, -0.05) is 0 Å². The zero-order valence-corrected chi connectivity index (χ0v) is 22.7. The molecular weight excluding hydrogens is 558 g/mol. The average Bonchev–Trinajstić information content (AvgIpc) is 3.81. The molecular formula is C31H26F2N6O4. The van der Waals surface area contributed by atoms with Gasteiger partial charge in [-0.25, -0.2) is 13.8 Å². The Morgan fingerprint density at radius 3 is 2.33 bits per heavy atom. The Kier molecular flexibility index (Phi) is 7.41. The van der Waals surface area contributed by atoms with Crippen molar-refractivity contribution in [2.75, 3.05) is 21.3 Å². The first-order valence-electron chi connectivity index (χ1n) is 13.7. The largest absolute Gasteiger partial charge is 0.436 e. The maximum absolute atomic E-state index is 15.0. The van der Waals surface area contributed by atoms with E-state index in [9.17, 15) is 23.2 Å². The first-order chi connectivity index (χ1) is 20.8. The van der Waals surface area contributed by atoms with Crippen LogP contribution in [0.2, 0.25) is 0 Å². The number of aryl methyl sites for hydroxylation is 1. The Hall–Kier alpha value is -5.39. The fourth-order valence-electron chi connectivity index (χ4n) is 4.73. The van der Waals surface area contributed by atoms with Crippen molar-refractivity contribution in [2.45, 2.75) is 32.1 Å². The molecule has 0 spiro atoms. The highest BCUT2D eigenvalue weighted by Crippen LogP contribution is 2.47. The van der Waals surface area contributed by atoms with Gasteiger partial charge in [0.15, 0.2) is 11.6 Å². The maximum atomic E-state index is 15.0. The molecule has 1 aliphatic heterocycles. The SMILES string of the molecule is O=C1CCCc2cc(Nc3nccc(Oc4ccc(NC(=O)C5(C(=O)Nc6ccc(F)cc6)CC5)cc4F)n3)ccc2N1. The predicted molar refractivity (Wildman–Crippen MR) is 155 cm³/mol. The van der Waals surface area contributed by atoms with Crippen LogP contribution in [0.4, 0.5) is 37.5 Å². The van der Waals surface area contributed by atoms with E-state index in [1.54, 1.807) is 6.07 Å². The van der Waals surface area contributed by atoms with E-state index >= 15 is 0 Å². The third-order valence-electron chi connectivity index (χ3n) is 7.24. The van der Waals surface area contributed by atoms with E-state index in [1.807, 2.05) is 12.1 Å². The second-order valence-electron chi connectivity index (χ2n) is 10.4. The van der Waals surface area contributed by atoms with Crippen molar-refractivity contribution in [1.82, 2.24) is 9.97 Å². The van der Waals surface area contributed by atoms with E-state index in [2.05, 4.69) is 31.2 Å². The number of carbonyl (C=O) groups is 3. The molecule has 0 bridgehead atoms. The number of aromatic nitrogens is 2. The monoisotopic (exact) mass is 584 g/mol. The van der Waals surface area contributed by atoms with Crippen molar-refractivity contribution in [3.05, 3.63) is 90.1 Å². The number of rotatable bonds is 8. The van der Waals surface area contributed by atoms with Crippen LogP contribution in [0.5, 0.6) is 11.6 Å². The Bertz CT molecular complexity index is 1730. The number of nitrogens with one attached hydrogen (secondary N) is 4. The second-order valence-corrected chi connectivity index (χ2v) is 10.4. The number of halogens is 2. The fraction of sp³-hybridized carbons (Fsp3) is 0.194. The van der Waals surface area contributed by atoms with Gasteiger partial charge in [0.05, 0.1) is 0 Å². The van der Waals surface area contributed by atoms with Crippen molar-refractivity contribution < 1.29 is 27.9 Å². The topological polar surface area (TPSA) is 134 Å². The van der Waals surface area contributed by atoms with Gasteiger partial charge in [0.25, 0.3) is 0 Å². The molecule has 3 aromatic carbocycles. The summed E-state index contributed by atoms with van der Waals surface area (Å²) in [5.74, 6) is -2.08. The van der Waals surface area contributed by atoms with E-state index in [-0.39, 0.29) is 29.2 Å². The molecule has 4 N–H and O–H groups in total. The Morgan fingerprint density at radius 1 is 0.860 bits per heavy atom. The van der Waals surface area contributed by atoms with E-state index in [4.69, 9.17) is 4.74 Å². The molecule has 3 amide bonds. The Labute approximate surface area is 244 Å². The summed E-state index contributed by atoms with van der Waals surface area (Å²) in [5.41, 5.74) is 1.74. The summed E-state index contributed by atoms with van der Waals surface area (Å²) in [7, 11) is 0. The summed E-state index contributed by atoms with van der Waals surface area (Å²) in [6.07, 6.45) is 4.12. The normalized spacial score (nSPS) is 14.9. The molecule has 1 saturated carbocycles. The fourth-order valence-corrected chi connectivity index (χ4v) is 4.73. The van der Waals surface area contributed by atoms with Gasteiger partial charge in [-0.05, 0) is 85.8 Å². The van der Waals surface area contributed by atoms with Crippen molar-refractivity contribution in [3.63, 3.8) is 0 Å².